The molecule has 5 aliphatic rings. The van der Waals surface area contributed by atoms with E-state index in [1.807, 2.05) is 0 Å². The molecule has 21 heteroatoms. The molecule has 57 heavy (non-hydrogen) atoms. The van der Waals surface area contributed by atoms with E-state index in [9.17, 15) is 33.0 Å². The Balaban J connectivity index is 0.000000719. The molecule has 10 atom stereocenters. The number of aliphatic carboxylic acids is 1. The number of aliphatic hydroxyl groups is 2. The number of esters is 1. The zero-order chi connectivity index (χ0) is 41.3. The van der Waals surface area contributed by atoms with Gasteiger partial charge in [0.15, 0.2) is 35.6 Å². The SMILES string of the molecule is CNCCN(C)C(=O)Oc1c(OC)cc([C@@H]2c3cc4c(cc3C(OC3O[C@@H]5CO[C@@H](C)O[C@H]5[C@H](O)[C@H]3O)[C@H]3COC(=O)[C@H]23)OCO4)cc1OC.O=C(O)C(F)(F)F. The number of rotatable bonds is 9. The largest absolute Gasteiger partial charge is 0.493 e. The number of amides is 1. The summed E-state index contributed by atoms with van der Waals surface area (Å²) in [5.74, 6) is -3.70. The number of hydrogen-bond donors (Lipinski definition) is 4. The summed E-state index contributed by atoms with van der Waals surface area (Å²) >= 11 is 0. The van der Waals surface area contributed by atoms with Crippen LogP contribution in [0.3, 0.4) is 0 Å². The van der Waals surface area contributed by atoms with Gasteiger partial charge in [0.1, 0.15) is 24.4 Å². The number of cyclic esters (lactones) is 1. The maximum atomic E-state index is 13.7. The highest BCUT2D eigenvalue weighted by molar-refractivity contribution is 5.79. The van der Waals surface area contributed by atoms with E-state index >= 15 is 0 Å². The molecule has 4 heterocycles. The summed E-state index contributed by atoms with van der Waals surface area (Å²) in [7, 11) is 6.30. The molecule has 2 aromatic rings. The van der Waals surface area contributed by atoms with Crippen LogP contribution in [0.15, 0.2) is 24.3 Å². The van der Waals surface area contributed by atoms with Crippen molar-refractivity contribution < 1.29 is 90.2 Å². The number of carbonyl (C=O) groups excluding carboxylic acids is 2. The molecule has 0 spiro atoms. The van der Waals surface area contributed by atoms with Gasteiger partial charge in [0.05, 0.1) is 39.5 Å². The first kappa shape index (κ1) is 42.0. The van der Waals surface area contributed by atoms with E-state index in [1.54, 1.807) is 45.3 Å². The fourth-order valence-corrected chi connectivity index (χ4v) is 7.36. The van der Waals surface area contributed by atoms with Crippen LogP contribution in [0, 0.1) is 11.8 Å². The number of carbonyl (C=O) groups is 3. The number of alkyl halides is 3. The number of nitrogens with zero attached hydrogens (tertiary/aromatic N) is 1. The molecule has 0 aromatic heterocycles. The number of fused-ring (bicyclic) bond motifs is 4. The third-order valence-electron chi connectivity index (χ3n) is 10.2. The zero-order valence-electron chi connectivity index (χ0n) is 31.3. The van der Waals surface area contributed by atoms with Crippen LogP contribution in [0.2, 0.25) is 0 Å². The zero-order valence-corrected chi connectivity index (χ0v) is 31.3. The number of halogens is 3. The normalized spacial score (nSPS) is 29.8. The molecule has 0 bridgehead atoms. The van der Waals surface area contributed by atoms with E-state index in [1.165, 1.54) is 19.1 Å². The number of carboxylic acids is 1. The van der Waals surface area contributed by atoms with E-state index in [0.29, 0.717) is 41.3 Å². The second-order valence-electron chi connectivity index (χ2n) is 13.7. The molecule has 2 aromatic carbocycles. The van der Waals surface area contributed by atoms with Crippen LogP contribution in [0.4, 0.5) is 18.0 Å². The Hall–Kier alpha value is -4.64. The molecule has 1 aliphatic carbocycles. The van der Waals surface area contributed by atoms with Gasteiger partial charge in [-0.1, -0.05) is 0 Å². The van der Waals surface area contributed by atoms with Gasteiger partial charge < -0.3 is 72.9 Å². The van der Waals surface area contributed by atoms with E-state index in [-0.39, 0.29) is 37.3 Å². The monoisotopic (exact) mass is 816 g/mol. The molecular weight excluding hydrogens is 773 g/mol. The molecule has 3 saturated heterocycles. The number of benzene rings is 2. The summed E-state index contributed by atoms with van der Waals surface area (Å²) in [6.45, 7) is 2.83. The molecule has 4 aliphatic heterocycles. The number of methoxy groups -OCH3 is 2. The Morgan fingerprint density at radius 2 is 1.60 bits per heavy atom. The first-order valence-corrected chi connectivity index (χ1v) is 17.8. The maximum Gasteiger partial charge on any atom is 0.490 e. The van der Waals surface area contributed by atoms with Crippen LogP contribution in [0.25, 0.3) is 0 Å². The minimum atomic E-state index is -5.08. The van der Waals surface area contributed by atoms with Crippen molar-refractivity contribution in [3.05, 3.63) is 41.0 Å². The predicted octanol–water partition coefficient (Wildman–Crippen LogP) is 1.92. The number of likely N-dealkylation sites (N-methyl/N-ethyl adjacent to an activating group) is 2. The van der Waals surface area contributed by atoms with Gasteiger partial charge in [-0.25, -0.2) is 9.59 Å². The van der Waals surface area contributed by atoms with E-state index in [4.69, 9.17) is 57.3 Å². The molecule has 4 N–H and O–H groups in total. The second-order valence-corrected chi connectivity index (χ2v) is 13.7. The fourth-order valence-electron chi connectivity index (χ4n) is 7.36. The predicted molar refractivity (Wildman–Crippen MR) is 183 cm³/mol. The Labute approximate surface area is 323 Å². The van der Waals surface area contributed by atoms with E-state index in [0.717, 1.165) is 0 Å². The van der Waals surface area contributed by atoms with Crippen LogP contribution in [-0.2, 0) is 33.3 Å². The number of nitrogens with one attached hydrogen (secondary N) is 1. The number of ether oxygens (including phenoxy) is 10. The van der Waals surface area contributed by atoms with Crippen LogP contribution in [0.5, 0.6) is 28.7 Å². The topological polar surface area (TPSA) is 219 Å². The quantitative estimate of drug-likeness (QED) is 0.266. The Bertz CT molecular complexity index is 1790. The average molecular weight is 817 g/mol. The van der Waals surface area contributed by atoms with Crippen molar-refractivity contribution in [3.63, 3.8) is 0 Å². The smallest absolute Gasteiger partial charge is 0.490 e. The Kier molecular flexibility index (Phi) is 12.6. The molecule has 0 radical (unpaired) electrons. The summed E-state index contributed by atoms with van der Waals surface area (Å²) in [6, 6.07) is 7.01. The van der Waals surface area contributed by atoms with Crippen molar-refractivity contribution in [2.75, 3.05) is 61.4 Å². The second kappa shape index (κ2) is 17.1. The molecule has 7 rings (SSSR count). The van der Waals surface area contributed by atoms with Crippen LogP contribution in [0.1, 0.15) is 35.6 Å². The summed E-state index contributed by atoms with van der Waals surface area (Å²) in [4.78, 5) is 36.9. The Morgan fingerprint density at radius 1 is 0.965 bits per heavy atom. The van der Waals surface area contributed by atoms with Gasteiger partial charge in [-0.05, 0) is 54.9 Å². The number of carboxylic acid groups (broad SMARTS) is 1. The maximum absolute atomic E-state index is 13.7. The van der Waals surface area contributed by atoms with Gasteiger partial charge in [-0.15, -0.1) is 0 Å². The lowest BCUT2D eigenvalue weighted by Crippen LogP contribution is -2.63. The van der Waals surface area contributed by atoms with Crippen LogP contribution < -0.4 is 29.0 Å². The third kappa shape index (κ3) is 8.50. The molecule has 0 saturated carbocycles. The molecule has 2 unspecified atom stereocenters. The third-order valence-corrected chi connectivity index (χ3v) is 10.2. The van der Waals surface area contributed by atoms with Gasteiger partial charge in [-0.3, -0.25) is 4.79 Å². The van der Waals surface area contributed by atoms with Crippen molar-refractivity contribution >= 4 is 18.0 Å². The van der Waals surface area contributed by atoms with Crippen molar-refractivity contribution in [2.24, 2.45) is 11.8 Å². The standard InChI is InChI=1S/C34H42N2O14.C2HF3O2/c1-15-43-13-24-31(47-15)27(37)28(38)33(48-24)49-29-18-11-21-20(45-14-46-21)10-17(18)25(26-19(29)12-44-32(26)39)16-8-22(41-4)30(23(9-16)42-5)50-34(40)36(3)7-6-35-2;3-2(4,5)1(6)7/h8-11,15,19,24-29,31,33,35,37-38H,6-7,12-14H2,1-5H3;(H,6,7)/t15-,19+,24-,25-,26+,27-,28-,29?,31-,33?;/m1./s1. The van der Waals surface area contributed by atoms with Crippen molar-refractivity contribution in [3.8, 4) is 28.7 Å². The summed E-state index contributed by atoms with van der Waals surface area (Å²) < 4.78 is 90.0. The molecule has 18 nitrogen and oxygen atoms in total. The molecular formula is C36H43F3N2O16. The first-order valence-electron chi connectivity index (χ1n) is 17.8. The van der Waals surface area contributed by atoms with Gasteiger partial charge in [-0.2, -0.15) is 13.2 Å². The van der Waals surface area contributed by atoms with Gasteiger partial charge >= 0.3 is 24.2 Å². The van der Waals surface area contributed by atoms with Gasteiger partial charge in [0, 0.05) is 32.0 Å². The van der Waals surface area contributed by atoms with Crippen LogP contribution in [-0.4, -0.2) is 143 Å². The highest BCUT2D eigenvalue weighted by atomic mass is 19.4. The summed E-state index contributed by atoms with van der Waals surface area (Å²) in [6.07, 6.45) is -12.7. The molecule has 1 amide bonds. The van der Waals surface area contributed by atoms with E-state index in [2.05, 4.69) is 5.32 Å². The highest BCUT2D eigenvalue weighted by Gasteiger charge is 2.56. The number of hydrogen-bond acceptors (Lipinski definition) is 16. The fraction of sp³-hybridized carbons (Fsp3) is 0.583. The van der Waals surface area contributed by atoms with Crippen molar-refractivity contribution in [2.45, 2.75) is 62.1 Å². The van der Waals surface area contributed by atoms with Crippen molar-refractivity contribution in [1.82, 2.24) is 10.2 Å². The van der Waals surface area contributed by atoms with Crippen LogP contribution >= 0.6 is 0 Å². The van der Waals surface area contributed by atoms with Crippen molar-refractivity contribution in [1.29, 1.82) is 0 Å². The first-order chi connectivity index (χ1) is 27.1. The molecule has 314 valence electrons. The molecule has 3 fully saturated rings. The van der Waals surface area contributed by atoms with Gasteiger partial charge in [0.25, 0.3) is 0 Å². The Morgan fingerprint density at radius 3 is 2.19 bits per heavy atom. The summed E-state index contributed by atoms with van der Waals surface area (Å²) in [5, 5.41) is 32.3. The number of aliphatic hydroxyl groups excluding tert-OH is 2. The lowest BCUT2D eigenvalue weighted by molar-refractivity contribution is -0.364. The minimum absolute atomic E-state index is 0.00588. The van der Waals surface area contributed by atoms with E-state index < -0.39 is 85.1 Å². The van der Waals surface area contributed by atoms with Gasteiger partial charge in [0.2, 0.25) is 12.5 Å². The highest BCUT2D eigenvalue weighted by Crippen LogP contribution is 2.57. The lowest BCUT2D eigenvalue weighted by atomic mass is 9.66. The minimum Gasteiger partial charge on any atom is -0.493 e. The summed E-state index contributed by atoms with van der Waals surface area (Å²) in [5.41, 5.74) is 1.93. The lowest BCUT2D eigenvalue weighted by Gasteiger charge is -2.47. The average Bonchev–Trinajstić information content (AvgIpc) is 3.81.